The zero-order valence-corrected chi connectivity index (χ0v) is 14.0. The molecule has 3 rings (SSSR count). The van der Waals surface area contributed by atoms with Crippen molar-refractivity contribution in [3.05, 3.63) is 35.9 Å². The highest BCUT2D eigenvalue weighted by molar-refractivity contribution is 6.35. The lowest BCUT2D eigenvalue weighted by atomic mass is 10.0. The molecule has 0 aliphatic carbocycles. The van der Waals surface area contributed by atoms with E-state index < -0.39 is 5.91 Å². The molecule has 0 radical (unpaired) electrons. The van der Waals surface area contributed by atoms with Crippen molar-refractivity contribution in [1.29, 1.82) is 0 Å². The average molecular weight is 330 g/mol. The molecule has 2 aliphatic rings. The second-order valence-corrected chi connectivity index (χ2v) is 6.55. The van der Waals surface area contributed by atoms with Crippen molar-refractivity contribution in [2.75, 3.05) is 39.3 Å². The van der Waals surface area contributed by atoms with Crippen LogP contribution in [0.15, 0.2) is 30.3 Å². The second-order valence-electron chi connectivity index (χ2n) is 6.55. The fraction of sp³-hybridized carbons (Fsp3) is 0.556. The number of likely N-dealkylation sites (tertiary alicyclic amines) is 1. The molecule has 6 nitrogen and oxygen atoms in total. The number of amides is 2. The lowest BCUT2D eigenvalue weighted by Gasteiger charge is -2.33. The van der Waals surface area contributed by atoms with Crippen molar-refractivity contribution in [2.24, 2.45) is 0 Å². The van der Waals surface area contributed by atoms with Crippen molar-refractivity contribution < 1.29 is 9.59 Å². The Morgan fingerprint density at radius 3 is 2.38 bits per heavy atom. The van der Waals surface area contributed by atoms with Crippen LogP contribution in [0.5, 0.6) is 0 Å². The number of hydrogen-bond acceptors (Lipinski definition) is 4. The van der Waals surface area contributed by atoms with Gasteiger partial charge in [0, 0.05) is 51.9 Å². The first kappa shape index (κ1) is 16.9. The van der Waals surface area contributed by atoms with E-state index in [2.05, 4.69) is 39.8 Å². The molecule has 1 aromatic rings. The van der Waals surface area contributed by atoms with Crippen molar-refractivity contribution in [3.8, 4) is 0 Å². The van der Waals surface area contributed by atoms with Gasteiger partial charge in [0.25, 0.3) is 0 Å². The quantitative estimate of drug-likeness (QED) is 0.777. The Balaban J connectivity index is 1.41. The monoisotopic (exact) mass is 330 g/mol. The van der Waals surface area contributed by atoms with Crippen molar-refractivity contribution in [1.82, 2.24) is 20.4 Å². The average Bonchev–Trinajstić information content (AvgIpc) is 2.64. The molecule has 24 heavy (non-hydrogen) atoms. The van der Waals surface area contributed by atoms with Crippen LogP contribution in [0, 0.1) is 0 Å². The van der Waals surface area contributed by atoms with Crippen LogP contribution in [0.2, 0.25) is 0 Å². The first-order valence-electron chi connectivity index (χ1n) is 8.79. The van der Waals surface area contributed by atoms with Crippen LogP contribution < -0.4 is 10.6 Å². The van der Waals surface area contributed by atoms with Crippen LogP contribution >= 0.6 is 0 Å². The Kier molecular flexibility index (Phi) is 5.82. The number of piperazine rings is 1. The van der Waals surface area contributed by atoms with Crippen molar-refractivity contribution in [2.45, 2.75) is 25.4 Å². The van der Waals surface area contributed by atoms with E-state index in [9.17, 15) is 9.59 Å². The fourth-order valence-corrected chi connectivity index (χ4v) is 3.34. The molecule has 2 fully saturated rings. The molecule has 0 unspecified atom stereocenters. The van der Waals surface area contributed by atoms with Gasteiger partial charge >= 0.3 is 11.8 Å². The van der Waals surface area contributed by atoms with Gasteiger partial charge in [-0.1, -0.05) is 30.3 Å². The molecule has 1 aromatic carbocycles. The number of piperidine rings is 1. The molecular formula is C18H26N4O2. The molecule has 0 spiro atoms. The Morgan fingerprint density at radius 1 is 1.04 bits per heavy atom. The highest BCUT2D eigenvalue weighted by Gasteiger charge is 2.27. The van der Waals surface area contributed by atoms with E-state index in [1.54, 1.807) is 4.90 Å². The summed E-state index contributed by atoms with van der Waals surface area (Å²) in [6.45, 7) is 5.59. The summed E-state index contributed by atoms with van der Waals surface area (Å²) in [5.41, 5.74) is 1.31. The number of nitrogens with one attached hydrogen (secondary N) is 2. The van der Waals surface area contributed by atoms with E-state index >= 15 is 0 Å². The zero-order valence-electron chi connectivity index (χ0n) is 14.0. The summed E-state index contributed by atoms with van der Waals surface area (Å²) in [5.74, 6) is -0.832. The van der Waals surface area contributed by atoms with E-state index in [4.69, 9.17) is 0 Å². The predicted octanol–water partition coefficient (Wildman–Crippen LogP) is 0.199. The van der Waals surface area contributed by atoms with Gasteiger partial charge in [-0.05, 0) is 18.4 Å². The van der Waals surface area contributed by atoms with Crippen molar-refractivity contribution in [3.63, 3.8) is 0 Å². The minimum Gasteiger partial charge on any atom is -0.345 e. The molecular weight excluding hydrogens is 304 g/mol. The van der Waals surface area contributed by atoms with Crippen LogP contribution in [0.25, 0.3) is 0 Å². The summed E-state index contributed by atoms with van der Waals surface area (Å²) in [4.78, 5) is 28.3. The molecule has 2 aliphatic heterocycles. The number of hydrogen-bond donors (Lipinski definition) is 2. The van der Waals surface area contributed by atoms with E-state index in [1.807, 2.05) is 6.07 Å². The Morgan fingerprint density at radius 2 is 1.71 bits per heavy atom. The third-order valence-corrected chi connectivity index (χ3v) is 4.77. The van der Waals surface area contributed by atoms with Gasteiger partial charge in [-0.25, -0.2) is 0 Å². The van der Waals surface area contributed by atoms with Gasteiger partial charge in [0.2, 0.25) is 0 Å². The van der Waals surface area contributed by atoms with E-state index in [-0.39, 0.29) is 11.9 Å². The third-order valence-electron chi connectivity index (χ3n) is 4.77. The van der Waals surface area contributed by atoms with Crippen LogP contribution in [0.3, 0.4) is 0 Å². The first-order valence-corrected chi connectivity index (χ1v) is 8.79. The smallest absolute Gasteiger partial charge is 0.311 e. The van der Waals surface area contributed by atoms with E-state index in [0.29, 0.717) is 13.1 Å². The molecule has 2 saturated heterocycles. The third kappa shape index (κ3) is 4.55. The number of carbonyl (C=O) groups excluding carboxylic acids is 2. The highest BCUT2D eigenvalue weighted by Crippen LogP contribution is 2.14. The topological polar surface area (TPSA) is 64.7 Å². The minimum absolute atomic E-state index is 0.108. The summed E-state index contributed by atoms with van der Waals surface area (Å²) in [6, 6.07) is 10.5. The first-order chi connectivity index (χ1) is 11.7. The van der Waals surface area contributed by atoms with Crippen LogP contribution in [-0.2, 0) is 16.1 Å². The van der Waals surface area contributed by atoms with E-state index in [1.165, 1.54) is 5.56 Å². The number of benzene rings is 1. The van der Waals surface area contributed by atoms with Crippen LogP contribution in [0.1, 0.15) is 18.4 Å². The lowest BCUT2D eigenvalue weighted by Crippen LogP contribution is -2.53. The van der Waals surface area contributed by atoms with Crippen LogP contribution in [-0.4, -0.2) is 66.9 Å². The molecule has 0 saturated carbocycles. The number of carbonyl (C=O) groups is 2. The molecule has 130 valence electrons. The highest BCUT2D eigenvalue weighted by atomic mass is 16.2. The second kappa shape index (κ2) is 8.26. The molecule has 0 atom stereocenters. The summed E-state index contributed by atoms with van der Waals surface area (Å²) in [7, 11) is 0. The molecule has 2 amide bonds. The van der Waals surface area contributed by atoms with Gasteiger partial charge in [0.15, 0.2) is 0 Å². The van der Waals surface area contributed by atoms with Gasteiger partial charge in [-0.3, -0.25) is 14.5 Å². The molecule has 6 heteroatoms. The van der Waals surface area contributed by atoms with E-state index in [0.717, 1.165) is 45.6 Å². The molecule has 2 heterocycles. The van der Waals surface area contributed by atoms with Crippen LogP contribution in [0.4, 0.5) is 0 Å². The Hall–Kier alpha value is -1.92. The largest absolute Gasteiger partial charge is 0.345 e. The van der Waals surface area contributed by atoms with Gasteiger partial charge in [0.1, 0.15) is 0 Å². The van der Waals surface area contributed by atoms with Gasteiger partial charge in [-0.15, -0.1) is 0 Å². The Bertz CT molecular complexity index is 549. The maximum atomic E-state index is 12.2. The normalized spacial score (nSPS) is 19.9. The SMILES string of the molecule is O=C(NC1CCN(Cc2ccccc2)CC1)C(=O)N1CCNCC1. The standard InChI is InChI=1S/C18H26N4O2/c23-17(18(24)22-12-8-19-9-13-22)20-16-6-10-21(11-7-16)14-15-4-2-1-3-5-15/h1-5,16,19H,6-14H2,(H,20,23). The minimum atomic E-state index is -0.446. The van der Waals surface area contributed by atoms with Gasteiger partial charge in [0.05, 0.1) is 0 Å². The fourth-order valence-electron chi connectivity index (χ4n) is 3.34. The molecule has 2 N–H and O–H groups in total. The summed E-state index contributed by atoms with van der Waals surface area (Å²) in [5, 5.41) is 6.11. The lowest BCUT2D eigenvalue weighted by molar-refractivity contribution is -0.146. The maximum absolute atomic E-state index is 12.2. The van der Waals surface area contributed by atoms with Gasteiger partial charge in [-0.2, -0.15) is 0 Å². The van der Waals surface area contributed by atoms with Gasteiger partial charge < -0.3 is 15.5 Å². The summed E-state index contributed by atoms with van der Waals surface area (Å²) >= 11 is 0. The molecule has 0 aromatic heterocycles. The number of nitrogens with zero attached hydrogens (tertiary/aromatic N) is 2. The summed E-state index contributed by atoms with van der Waals surface area (Å²) < 4.78 is 0. The predicted molar refractivity (Wildman–Crippen MR) is 92.3 cm³/mol. The maximum Gasteiger partial charge on any atom is 0.311 e. The molecule has 0 bridgehead atoms. The number of rotatable bonds is 3. The van der Waals surface area contributed by atoms with Crippen molar-refractivity contribution >= 4 is 11.8 Å². The Labute approximate surface area is 143 Å². The zero-order chi connectivity index (χ0) is 16.8. The summed E-state index contributed by atoms with van der Waals surface area (Å²) in [6.07, 6.45) is 1.79.